The molecule has 0 amide bonds. The van der Waals surface area contributed by atoms with E-state index in [1.807, 2.05) is 43.3 Å². The number of fused-ring (bicyclic) bond motifs is 1. The van der Waals surface area contributed by atoms with Crippen LogP contribution in [0.3, 0.4) is 0 Å². The predicted octanol–water partition coefficient (Wildman–Crippen LogP) is 4.02. The van der Waals surface area contributed by atoms with Crippen LogP contribution in [0.2, 0.25) is 0 Å². The number of aryl methyl sites for hydroxylation is 1. The van der Waals surface area contributed by atoms with Gasteiger partial charge in [-0.1, -0.05) is 24.3 Å². The Morgan fingerprint density at radius 3 is 2.70 bits per heavy atom. The van der Waals surface area contributed by atoms with Gasteiger partial charge in [0.25, 0.3) is 0 Å². The number of para-hydroxylation sites is 1. The summed E-state index contributed by atoms with van der Waals surface area (Å²) >= 11 is 0. The number of ether oxygens (including phenoxy) is 1. The Balaban J connectivity index is 0.00000261. The normalized spacial score (nSPS) is 11.1. The second-order valence-electron chi connectivity index (χ2n) is 5.87. The molecule has 6 nitrogen and oxygen atoms in total. The van der Waals surface area contributed by atoms with E-state index in [1.165, 1.54) is 0 Å². The van der Waals surface area contributed by atoms with Crippen LogP contribution < -0.4 is 15.4 Å². The highest BCUT2D eigenvalue weighted by Crippen LogP contribution is 2.24. The van der Waals surface area contributed by atoms with Crippen LogP contribution in [0.15, 0.2) is 51.9 Å². The first kappa shape index (κ1) is 21.0. The Morgan fingerprint density at radius 1 is 1.15 bits per heavy atom. The third-order valence-electron chi connectivity index (χ3n) is 4.09. The van der Waals surface area contributed by atoms with Crippen molar-refractivity contribution < 1.29 is 9.15 Å². The summed E-state index contributed by atoms with van der Waals surface area (Å²) in [6.07, 6.45) is 0. The minimum atomic E-state index is 0. The number of pyridine rings is 1. The number of halogens is 1. The number of methoxy groups -OCH3 is 1. The van der Waals surface area contributed by atoms with Gasteiger partial charge in [0, 0.05) is 23.6 Å². The van der Waals surface area contributed by atoms with Gasteiger partial charge in [0.1, 0.15) is 11.3 Å². The highest BCUT2D eigenvalue weighted by molar-refractivity contribution is 14.0. The molecule has 0 bridgehead atoms. The second-order valence-corrected chi connectivity index (χ2v) is 5.87. The van der Waals surface area contributed by atoms with Gasteiger partial charge in [0.15, 0.2) is 5.96 Å². The summed E-state index contributed by atoms with van der Waals surface area (Å²) in [5, 5.41) is 7.71. The number of aromatic nitrogens is 1. The Labute approximate surface area is 176 Å². The van der Waals surface area contributed by atoms with E-state index in [0.29, 0.717) is 19.0 Å². The molecule has 1 aromatic carbocycles. The largest absolute Gasteiger partial charge is 0.481 e. The summed E-state index contributed by atoms with van der Waals surface area (Å²) in [5.41, 5.74) is 2.91. The number of aliphatic imine (C=N–C) groups is 1. The fraction of sp³-hybridized carbons (Fsp3) is 0.300. The molecule has 2 N–H and O–H groups in total. The summed E-state index contributed by atoms with van der Waals surface area (Å²) in [6, 6.07) is 13.7. The van der Waals surface area contributed by atoms with Crippen molar-refractivity contribution in [2.75, 3.05) is 13.7 Å². The molecular weight excluding hydrogens is 455 g/mol. The molecule has 0 radical (unpaired) electrons. The standard InChI is InChI=1S/C20H24N4O2.HI/c1-4-21-20(22-12-15-8-7-11-19(24-15)25-3)23-13-18-14(2)16-9-5-6-10-17(16)26-18;/h5-11H,4,12-13H2,1-3H3,(H2,21,22,23);1H. The van der Waals surface area contributed by atoms with Crippen LogP contribution in [0, 0.1) is 6.92 Å². The van der Waals surface area contributed by atoms with Crippen LogP contribution in [-0.2, 0) is 13.1 Å². The van der Waals surface area contributed by atoms with Crippen LogP contribution in [0.1, 0.15) is 23.9 Å². The zero-order valence-electron chi connectivity index (χ0n) is 15.8. The van der Waals surface area contributed by atoms with Gasteiger partial charge in [-0.15, -0.1) is 24.0 Å². The number of rotatable bonds is 6. The molecule has 2 heterocycles. The van der Waals surface area contributed by atoms with E-state index >= 15 is 0 Å². The molecule has 27 heavy (non-hydrogen) atoms. The molecular formula is C20H25IN4O2. The van der Waals surface area contributed by atoms with Crippen molar-refractivity contribution in [2.24, 2.45) is 4.99 Å². The van der Waals surface area contributed by atoms with Crippen LogP contribution >= 0.6 is 24.0 Å². The molecule has 0 aliphatic carbocycles. The van der Waals surface area contributed by atoms with Crippen LogP contribution in [0.5, 0.6) is 5.88 Å². The number of benzene rings is 1. The molecule has 0 spiro atoms. The van der Waals surface area contributed by atoms with E-state index in [2.05, 4.69) is 33.6 Å². The van der Waals surface area contributed by atoms with Gasteiger partial charge in [0.2, 0.25) is 5.88 Å². The number of guanidine groups is 1. The number of hydrogen-bond donors (Lipinski definition) is 2. The average molecular weight is 480 g/mol. The first-order chi connectivity index (χ1) is 12.7. The molecule has 144 valence electrons. The van der Waals surface area contributed by atoms with Crippen molar-refractivity contribution >= 4 is 40.9 Å². The monoisotopic (exact) mass is 480 g/mol. The fourth-order valence-electron chi connectivity index (χ4n) is 2.72. The van der Waals surface area contributed by atoms with Gasteiger partial charge < -0.3 is 19.8 Å². The summed E-state index contributed by atoms with van der Waals surface area (Å²) in [7, 11) is 1.61. The SMILES string of the molecule is CCNC(=NCc1cccc(OC)n1)NCc1oc2ccccc2c1C.I. The van der Waals surface area contributed by atoms with Gasteiger partial charge in [0.05, 0.1) is 25.9 Å². The summed E-state index contributed by atoms with van der Waals surface area (Å²) in [6.45, 7) is 5.92. The second kappa shape index (κ2) is 10.1. The molecule has 0 unspecified atom stereocenters. The van der Waals surface area contributed by atoms with E-state index in [9.17, 15) is 0 Å². The maximum absolute atomic E-state index is 5.95. The molecule has 0 saturated heterocycles. The molecule has 0 atom stereocenters. The third kappa shape index (κ3) is 5.35. The molecule has 7 heteroatoms. The van der Waals surface area contributed by atoms with E-state index in [1.54, 1.807) is 7.11 Å². The van der Waals surface area contributed by atoms with E-state index in [-0.39, 0.29) is 24.0 Å². The molecule has 3 rings (SSSR count). The number of furan rings is 1. The van der Waals surface area contributed by atoms with Gasteiger partial charge >= 0.3 is 0 Å². The van der Waals surface area contributed by atoms with Crippen molar-refractivity contribution in [3.05, 3.63) is 59.5 Å². The highest BCUT2D eigenvalue weighted by Gasteiger charge is 2.10. The van der Waals surface area contributed by atoms with Gasteiger partial charge in [-0.05, 0) is 26.0 Å². The van der Waals surface area contributed by atoms with Crippen LogP contribution in [-0.4, -0.2) is 24.6 Å². The smallest absolute Gasteiger partial charge is 0.213 e. The first-order valence-corrected chi connectivity index (χ1v) is 8.70. The van der Waals surface area contributed by atoms with E-state index in [4.69, 9.17) is 9.15 Å². The van der Waals surface area contributed by atoms with E-state index < -0.39 is 0 Å². The minimum absolute atomic E-state index is 0. The minimum Gasteiger partial charge on any atom is -0.481 e. The zero-order chi connectivity index (χ0) is 18.4. The average Bonchev–Trinajstić information content (AvgIpc) is 3.00. The summed E-state index contributed by atoms with van der Waals surface area (Å²) < 4.78 is 11.1. The lowest BCUT2D eigenvalue weighted by Crippen LogP contribution is -2.36. The molecule has 0 aliphatic heterocycles. The Kier molecular flexibility index (Phi) is 7.90. The number of nitrogens with one attached hydrogen (secondary N) is 2. The van der Waals surface area contributed by atoms with Gasteiger partial charge in [-0.3, -0.25) is 0 Å². The molecule has 0 saturated carbocycles. The van der Waals surface area contributed by atoms with Crippen molar-refractivity contribution in [2.45, 2.75) is 26.9 Å². The number of hydrogen-bond acceptors (Lipinski definition) is 4. The highest BCUT2D eigenvalue weighted by atomic mass is 127. The Bertz CT molecular complexity index is 908. The maximum Gasteiger partial charge on any atom is 0.213 e. The molecule has 3 aromatic rings. The lowest BCUT2D eigenvalue weighted by molar-refractivity contribution is 0.396. The fourth-order valence-corrected chi connectivity index (χ4v) is 2.72. The molecule has 0 fully saturated rings. The lowest BCUT2D eigenvalue weighted by atomic mass is 10.1. The van der Waals surface area contributed by atoms with Crippen molar-refractivity contribution in [3.8, 4) is 5.88 Å². The summed E-state index contributed by atoms with van der Waals surface area (Å²) in [4.78, 5) is 8.97. The van der Waals surface area contributed by atoms with Crippen LogP contribution in [0.4, 0.5) is 0 Å². The third-order valence-corrected chi connectivity index (χ3v) is 4.09. The van der Waals surface area contributed by atoms with Crippen LogP contribution in [0.25, 0.3) is 11.0 Å². The molecule has 0 aliphatic rings. The molecule has 2 aromatic heterocycles. The van der Waals surface area contributed by atoms with E-state index in [0.717, 1.165) is 40.5 Å². The maximum atomic E-state index is 5.95. The first-order valence-electron chi connectivity index (χ1n) is 8.70. The Morgan fingerprint density at radius 2 is 1.96 bits per heavy atom. The quantitative estimate of drug-likeness (QED) is 0.317. The topological polar surface area (TPSA) is 71.7 Å². The van der Waals surface area contributed by atoms with Crippen molar-refractivity contribution in [1.82, 2.24) is 15.6 Å². The Hall–Kier alpha value is -2.29. The zero-order valence-corrected chi connectivity index (χ0v) is 18.1. The lowest BCUT2D eigenvalue weighted by Gasteiger charge is -2.10. The van der Waals surface area contributed by atoms with Crippen molar-refractivity contribution in [3.63, 3.8) is 0 Å². The number of nitrogens with zero attached hydrogens (tertiary/aromatic N) is 2. The van der Waals surface area contributed by atoms with Crippen molar-refractivity contribution in [1.29, 1.82) is 0 Å². The summed E-state index contributed by atoms with van der Waals surface area (Å²) in [5.74, 6) is 2.22. The van der Waals surface area contributed by atoms with Gasteiger partial charge in [-0.25, -0.2) is 9.98 Å². The van der Waals surface area contributed by atoms with Gasteiger partial charge in [-0.2, -0.15) is 0 Å². The predicted molar refractivity (Wildman–Crippen MR) is 119 cm³/mol.